The monoisotopic (exact) mass is 263 g/mol. The highest BCUT2D eigenvalue weighted by Crippen LogP contribution is 2.25. The highest BCUT2D eigenvalue weighted by molar-refractivity contribution is 7.13. The quantitative estimate of drug-likeness (QED) is 0.741. The lowest BCUT2D eigenvalue weighted by atomic mass is 10.1. The topological polar surface area (TPSA) is 88.2 Å². The number of hydrogen-bond acceptors (Lipinski definition) is 5. The molecule has 0 saturated heterocycles. The third kappa shape index (κ3) is 2.60. The number of benzene rings is 1. The highest BCUT2D eigenvalue weighted by atomic mass is 32.1. The molecule has 1 aromatic heterocycles. The third-order valence-electron chi connectivity index (χ3n) is 2.47. The molecule has 6 heteroatoms. The molecule has 1 aromatic carbocycles. The Morgan fingerprint density at radius 1 is 1.56 bits per heavy atom. The van der Waals surface area contributed by atoms with Gasteiger partial charge in [-0.3, -0.25) is 4.79 Å². The zero-order valence-electron chi connectivity index (χ0n) is 9.80. The van der Waals surface area contributed by atoms with Gasteiger partial charge < -0.3 is 16.2 Å². The molecule has 18 heavy (non-hydrogen) atoms. The highest BCUT2D eigenvalue weighted by Gasteiger charge is 2.12. The van der Waals surface area contributed by atoms with Gasteiger partial charge in [-0.2, -0.15) is 0 Å². The predicted octanol–water partition coefficient (Wildman–Crippen LogP) is 2.25. The van der Waals surface area contributed by atoms with Gasteiger partial charge in [-0.15, -0.1) is 11.3 Å². The summed E-state index contributed by atoms with van der Waals surface area (Å²) in [6.45, 7) is 2.00. The summed E-state index contributed by atoms with van der Waals surface area (Å²) in [6, 6.07) is 5.11. The smallest absolute Gasteiger partial charge is 0.275 e. The molecule has 2 aromatic rings. The van der Waals surface area contributed by atoms with Gasteiger partial charge in [-0.25, -0.2) is 4.98 Å². The Hall–Kier alpha value is -2.08. The largest absolute Gasteiger partial charge is 0.506 e. The van der Waals surface area contributed by atoms with Crippen LogP contribution < -0.4 is 11.1 Å². The molecular weight excluding hydrogens is 250 g/mol. The number of amides is 1. The molecule has 2 rings (SSSR count). The van der Waals surface area contributed by atoms with Crippen LogP contribution in [0.5, 0.6) is 5.75 Å². The lowest BCUT2D eigenvalue weighted by Crippen LogP contribution is -2.12. The van der Waals surface area contributed by atoms with E-state index in [2.05, 4.69) is 10.3 Å². The van der Waals surface area contributed by atoms with Crippen molar-refractivity contribution in [3.8, 4) is 5.75 Å². The maximum atomic E-state index is 11.8. The Morgan fingerprint density at radius 3 is 2.94 bits per heavy atom. The summed E-state index contributed by atoms with van der Waals surface area (Å²) in [5.41, 5.74) is 7.12. The van der Waals surface area contributed by atoms with E-state index in [1.54, 1.807) is 17.5 Å². The van der Waals surface area contributed by atoms with Crippen molar-refractivity contribution in [2.45, 2.75) is 13.3 Å². The maximum Gasteiger partial charge on any atom is 0.275 e. The van der Waals surface area contributed by atoms with Crippen LogP contribution in [0.15, 0.2) is 23.6 Å². The van der Waals surface area contributed by atoms with Gasteiger partial charge in [0.2, 0.25) is 0 Å². The molecule has 0 fully saturated rings. The molecule has 0 bridgehead atoms. The van der Waals surface area contributed by atoms with Crippen molar-refractivity contribution in [1.82, 2.24) is 4.98 Å². The summed E-state index contributed by atoms with van der Waals surface area (Å²) in [6.07, 6.45) is 0.826. The second kappa shape index (κ2) is 5.05. The van der Waals surface area contributed by atoms with E-state index in [9.17, 15) is 9.90 Å². The van der Waals surface area contributed by atoms with E-state index in [4.69, 9.17) is 5.73 Å². The first-order chi connectivity index (χ1) is 8.60. The van der Waals surface area contributed by atoms with Crippen LogP contribution >= 0.6 is 11.3 Å². The van der Waals surface area contributed by atoms with Crippen molar-refractivity contribution < 1.29 is 9.90 Å². The minimum Gasteiger partial charge on any atom is -0.506 e. The van der Waals surface area contributed by atoms with E-state index in [1.165, 1.54) is 11.3 Å². The first kappa shape index (κ1) is 12.4. The molecule has 0 aliphatic heterocycles. The SMILES string of the molecule is CCc1ccc(O)c(NC(=O)c2csc(N)n2)c1. The number of phenolic OH excluding ortho intramolecular Hbond substituents is 1. The van der Waals surface area contributed by atoms with E-state index >= 15 is 0 Å². The second-order valence-electron chi connectivity index (χ2n) is 3.73. The van der Waals surface area contributed by atoms with E-state index in [1.807, 2.05) is 13.0 Å². The van der Waals surface area contributed by atoms with Crippen molar-refractivity contribution in [1.29, 1.82) is 0 Å². The van der Waals surface area contributed by atoms with Crippen LogP contribution in [0.1, 0.15) is 23.0 Å². The summed E-state index contributed by atoms with van der Waals surface area (Å²) < 4.78 is 0. The van der Waals surface area contributed by atoms with Gasteiger partial charge in [0.05, 0.1) is 5.69 Å². The Kier molecular flexibility index (Phi) is 3.47. The summed E-state index contributed by atoms with van der Waals surface area (Å²) in [5, 5.41) is 14.2. The standard InChI is InChI=1S/C12H13N3O2S/c1-2-7-3-4-10(16)8(5-7)14-11(17)9-6-18-12(13)15-9/h3-6,16H,2H2,1H3,(H2,13,15)(H,14,17). The number of aryl methyl sites for hydroxylation is 1. The van der Waals surface area contributed by atoms with Crippen molar-refractivity contribution in [3.63, 3.8) is 0 Å². The summed E-state index contributed by atoms with van der Waals surface area (Å²) in [5.74, 6) is -0.352. The molecule has 4 N–H and O–H groups in total. The molecule has 0 saturated carbocycles. The number of nitrogens with zero attached hydrogens (tertiary/aromatic N) is 1. The fraction of sp³-hybridized carbons (Fsp3) is 0.167. The maximum absolute atomic E-state index is 11.8. The number of aromatic hydroxyl groups is 1. The molecule has 0 aliphatic carbocycles. The van der Waals surface area contributed by atoms with Crippen molar-refractivity contribution in [3.05, 3.63) is 34.8 Å². The molecule has 1 heterocycles. The number of hydrogen-bond donors (Lipinski definition) is 3. The lowest BCUT2D eigenvalue weighted by molar-refractivity contribution is 0.102. The first-order valence-electron chi connectivity index (χ1n) is 5.44. The number of nitrogen functional groups attached to an aromatic ring is 1. The van der Waals surface area contributed by atoms with Crippen LogP contribution in [-0.4, -0.2) is 16.0 Å². The summed E-state index contributed by atoms with van der Waals surface area (Å²) in [4.78, 5) is 15.7. The first-order valence-corrected chi connectivity index (χ1v) is 6.32. The number of aromatic nitrogens is 1. The Balaban J connectivity index is 2.21. The zero-order chi connectivity index (χ0) is 13.1. The molecule has 0 radical (unpaired) electrons. The van der Waals surface area contributed by atoms with E-state index < -0.39 is 0 Å². The number of carbonyl (C=O) groups excluding carboxylic acids is 1. The molecular formula is C12H13N3O2S. The van der Waals surface area contributed by atoms with Crippen LogP contribution in [0.3, 0.4) is 0 Å². The van der Waals surface area contributed by atoms with Gasteiger partial charge in [-0.05, 0) is 24.1 Å². The minimum atomic E-state index is -0.383. The summed E-state index contributed by atoms with van der Waals surface area (Å²) in [7, 11) is 0. The normalized spacial score (nSPS) is 10.3. The van der Waals surface area contributed by atoms with Crippen molar-refractivity contribution in [2.75, 3.05) is 11.1 Å². The molecule has 0 aliphatic rings. The van der Waals surface area contributed by atoms with Gasteiger partial charge in [-0.1, -0.05) is 13.0 Å². The number of rotatable bonds is 3. The second-order valence-corrected chi connectivity index (χ2v) is 4.62. The number of nitrogens with two attached hydrogens (primary N) is 1. The van der Waals surface area contributed by atoms with Crippen LogP contribution in [-0.2, 0) is 6.42 Å². The average molecular weight is 263 g/mol. The van der Waals surface area contributed by atoms with Crippen molar-refractivity contribution >= 4 is 28.1 Å². The lowest BCUT2D eigenvalue weighted by Gasteiger charge is -2.07. The molecule has 5 nitrogen and oxygen atoms in total. The predicted molar refractivity (Wildman–Crippen MR) is 72.0 cm³/mol. The van der Waals surface area contributed by atoms with Crippen LogP contribution in [0, 0.1) is 0 Å². The number of nitrogens with one attached hydrogen (secondary N) is 1. The number of phenols is 1. The fourth-order valence-electron chi connectivity index (χ4n) is 1.48. The molecule has 0 unspecified atom stereocenters. The Labute approximate surface area is 108 Å². The number of anilines is 2. The molecule has 0 atom stereocenters. The van der Waals surface area contributed by atoms with Crippen molar-refractivity contribution in [2.24, 2.45) is 0 Å². The summed E-state index contributed by atoms with van der Waals surface area (Å²) >= 11 is 1.20. The van der Waals surface area contributed by atoms with E-state index in [0.29, 0.717) is 10.8 Å². The Bertz CT molecular complexity index is 580. The molecule has 0 spiro atoms. The van der Waals surface area contributed by atoms with Gasteiger partial charge in [0.1, 0.15) is 11.4 Å². The van der Waals surface area contributed by atoms with Crippen LogP contribution in [0.4, 0.5) is 10.8 Å². The van der Waals surface area contributed by atoms with Crippen LogP contribution in [0.25, 0.3) is 0 Å². The zero-order valence-corrected chi connectivity index (χ0v) is 10.6. The third-order valence-corrected chi connectivity index (χ3v) is 3.15. The van der Waals surface area contributed by atoms with E-state index in [-0.39, 0.29) is 17.4 Å². The Morgan fingerprint density at radius 2 is 2.33 bits per heavy atom. The van der Waals surface area contributed by atoms with Gasteiger partial charge in [0.25, 0.3) is 5.91 Å². The molecule has 94 valence electrons. The minimum absolute atomic E-state index is 0.0313. The number of thiazole rings is 1. The molecule has 1 amide bonds. The van der Waals surface area contributed by atoms with Gasteiger partial charge in [0.15, 0.2) is 5.13 Å². The number of carbonyl (C=O) groups is 1. The average Bonchev–Trinajstić information content (AvgIpc) is 2.79. The van der Waals surface area contributed by atoms with Gasteiger partial charge in [0, 0.05) is 5.38 Å². The van der Waals surface area contributed by atoms with E-state index in [0.717, 1.165) is 12.0 Å². The fourth-order valence-corrected chi connectivity index (χ4v) is 2.02. The van der Waals surface area contributed by atoms with Crippen LogP contribution in [0.2, 0.25) is 0 Å². The van der Waals surface area contributed by atoms with Gasteiger partial charge >= 0.3 is 0 Å².